The zero-order valence-electron chi connectivity index (χ0n) is 14.8. The minimum absolute atomic E-state index is 0.00983. The number of hydrogen-bond acceptors (Lipinski definition) is 5. The minimum Gasteiger partial charge on any atom is -0.465 e. The standard InChI is InChI=1S/C19H21NO6S/c1-13-6-8-16(9-7-13)27(24,25)26-12-18(21)17-10-14-4-2-3-5-15(14)11-20(17)19(22)23/h2-9,17-18,21H,10-12H2,1H3,(H,22,23)/t17-,18?/m0/s1. The van der Waals surface area contributed by atoms with E-state index in [2.05, 4.69) is 0 Å². The zero-order valence-corrected chi connectivity index (χ0v) is 15.6. The van der Waals surface area contributed by atoms with Crippen molar-refractivity contribution in [2.24, 2.45) is 0 Å². The highest BCUT2D eigenvalue weighted by Gasteiger charge is 2.35. The van der Waals surface area contributed by atoms with Crippen molar-refractivity contribution in [2.45, 2.75) is 36.9 Å². The van der Waals surface area contributed by atoms with Crippen molar-refractivity contribution < 1.29 is 27.6 Å². The van der Waals surface area contributed by atoms with E-state index in [0.29, 0.717) is 0 Å². The maximum Gasteiger partial charge on any atom is 0.407 e. The maximum atomic E-state index is 12.3. The van der Waals surface area contributed by atoms with Crippen LogP contribution in [0.2, 0.25) is 0 Å². The van der Waals surface area contributed by atoms with Gasteiger partial charge in [0.2, 0.25) is 0 Å². The second-order valence-electron chi connectivity index (χ2n) is 6.57. The van der Waals surface area contributed by atoms with Crippen molar-refractivity contribution in [1.29, 1.82) is 0 Å². The molecule has 1 heterocycles. The van der Waals surface area contributed by atoms with Crippen LogP contribution in [-0.2, 0) is 27.3 Å². The molecule has 144 valence electrons. The van der Waals surface area contributed by atoms with Gasteiger partial charge in [0.05, 0.1) is 23.6 Å². The highest BCUT2D eigenvalue weighted by atomic mass is 32.2. The lowest BCUT2D eigenvalue weighted by atomic mass is 9.91. The Morgan fingerprint density at radius 2 is 1.81 bits per heavy atom. The number of aliphatic hydroxyl groups is 1. The number of fused-ring (bicyclic) bond motifs is 1. The number of hydrogen-bond donors (Lipinski definition) is 2. The van der Waals surface area contributed by atoms with E-state index < -0.39 is 35.0 Å². The predicted molar refractivity (Wildman–Crippen MR) is 97.8 cm³/mol. The first kappa shape index (κ1) is 19.3. The minimum atomic E-state index is -4.03. The first-order chi connectivity index (χ1) is 12.8. The third-order valence-corrected chi connectivity index (χ3v) is 5.98. The summed E-state index contributed by atoms with van der Waals surface area (Å²) >= 11 is 0. The van der Waals surface area contributed by atoms with Crippen molar-refractivity contribution >= 4 is 16.2 Å². The molecular formula is C19H21NO6S. The summed E-state index contributed by atoms with van der Waals surface area (Å²) in [7, 11) is -4.03. The van der Waals surface area contributed by atoms with E-state index >= 15 is 0 Å². The van der Waals surface area contributed by atoms with E-state index in [1.807, 2.05) is 31.2 Å². The van der Waals surface area contributed by atoms with E-state index in [0.717, 1.165) is 21.6 Å². The fraction of sp³-hybridized carbons (Fsp3) is 0.316. The molecule has 2 aromatic rings. The van der Waals surface area contributed by atoms with Crippen LogP contribution in [0.3, 0.4) is 0 Å². The maximum absolute atomic E-state index is 12.3. The van der Waals surface area contributed by atoms with Crippen LogP contribution < -0.4 is 0 Å². The monoisotopic (exact) mass is 391 g/mol. The van der Waals surface area contributed by atoms with Crippen LogP contribution in [0.5, 0.6) is 0 Å². The van der Waals surface area contributed by atoms with Crippen LogP contribution in [0.4, 0.5) is 4.79 Å². The predicted octanol–water partition coefficient (Wildman–Crippen LogP) is 2.17. The van der Waals surface area contributed by atoms with Crippen LogP contribution in [0.15, 0.2) is 53.4 Å². The van der Waals surface area contributed by atoms with Gasteiger partial charge in [0.15, 0.2) is 0 Å². The van der Waals surface area contributed by atoms with Crippen molar-refractivity contribution in [3.63, 3.8) is 0 Å². The number of carbonyl (C=O) groups is 1. The van der Waals surface area contributed by atoms with Crippen molar-refractivity contribution in [1.82, 2.24) is 4.90 Å². The molecule has 0 fully saturated rings. The molecule has 1 aliphatic heterocycles. The smallest absolute Gasteiger partial charge is 0.407 e. The molecule has 2 N–H and O–H groups in total. The summed E-state index contributed by atoms with van der Waals surface area (Å²) in [5, 5.41) is 19.9. The van der Waals surface area contributed by atoms with Gasteiger partial charge in [0, 0.05) is 6.54 Å². The fourth-order valence-electron chi connectivity index (χ4n) is 3.14. The van der Waals surface area contributed by atoms with Gasteiger partial charge in [-0.1, -0.05) is 42.0 Å². The molecule has 2 aromatic carbocycles. The number of aliphatic hydroxyl groups excluding tert-OH is 1. The summed E-state index contributed by atoms with van der Waals surface area (Å²) < 4.78 is 29.6. The second kappa shape index (κ2) is 7.67. The summed E-state index contributed by atoms with van der Waals surface area (Å²) in [5.74, 6) is 0. The topological polar surface area (TPSA) is 104 Å². The van der Waals surface area contributed by atoms with Crippen LogP contribution in [0.1, 0.15) is 16.7 Å². The Balaban J connectivity index is 1.73. The number of rotatable bonds is 5. The van der Waals surface area contributed by atoms with Gasteiger partial charge in [0.25, 0.3) is 10.1 Å². The highest BCUT2D eigenvalue weighted by molar-refractivity contribution is 7.86. The first-order valence-corrected chi connectivity index (χ1v) is 9.89. The molecule has 1 amide bonds. The molecule has 0 aliphatic carbocycles. The molecule has 1 unspecified atom stereocenters. The largest absolute Gasteiger partial charge is 0.465 e. The first-order valence-electron chi connectivity index (χ1n) is 8.48. The van der Waals surface area contributed by atoms with Crippen molar-refractivity contribution in [2.75, 3.05) is 6.61 Å². The number of amides is 1. The molecule has 8 heteroatoms. The van der Waals surface area contributed by atoms with Gasteiger partial charge in [0.1, 0.15) is 0 Å². The van der Waals surface area contributed by atoms with E-state index in [4.69, 9.17) is 4.18 Å². The third-order valence-electron chi connectivity index (χ3n) is 4.68. The molecule has 0 aromatic heterocycles. The fourth-order valence-corrected chi connectivity index (χ4v) is 4.07. The van der Waals surface area contributed by atoms with Crippen LogP contribution in [0.25, 0.3) is 0 Å². The highest BCUT2D eigenvalue weighted by Crippen LogP contribution is 2.26. The Morgan fingerprint density at radius 1 is 1.19 bits per heavy atom. The molecule has 0 saturated heterocycles. The molecule has 3 rings (SSSR count). The van der Waals surface area contributed by atoms with E-state index in [9.17, 15) is 23.4 Å². The van der Waals surface area contributed by atoms with Crippen LogP contribution >= 0.6 is 0 Å². The molecule has 0 radical (unpaired) electrons. The molecule has 0 spiro atoms. The van der Waals surface area contributed by atoms with Gasteiger partial charge in [-0.05, 0) is 36.6 Å². The van der Waals surface area contributed by atoms with Gasteiger partial charge in [-0.15, -0.1) is 0 Å². The van der Waals surface area contributed by atoms with Gasteiger partial charge in [-0.2, -0.15) is 8.42 Å². The summed E-state index contributed by atoms with van der Waals surface area (Å²) in [6, 6.07) is 12.8. The molecular weight excluding hydrogens is 370 g/mol. The Morgan fingerprint density at radius 3 is 2.44 bits per heavy atom. The van der Waals surface area contributed by atoms with E-state index in [1.165, 1.54) is 12.1 Å². The third kappa shape index (κ3) is 4.29. The SMILES string of the molecule is Cc1ccc(S(=O)(=O)OCC(O)[C@@H]2Cc3ccccc3CN2C(=O)O)cc1. The Labute approximate surface area is 157 Å². The van der Waals surface area contributed by atoms with Crippen molar-refractivity contribution in [3.05, 3.63) is 65.2 Å². The summed E-state index contributed by atoms with van der Waals surface area (Å²) in [6.07, 6.45) is -2.16. The van der Waals surface area contributed by atoms with Gasteiger partial charge >= 0.3 is 6.09 Å². The number of nitrogens with zero attached hydrogens (tertiary/aromatic N) is 1. The Bertz CT molecular complexity index is 925. The number of benzene rings is 2. The average Bonchev–Trinajstić information content (AvgIpc) is 2.65. The van der Waals surface area contributed by atoms with Gasteiger partial charge in [-0.3, -0.25) is 9.08 Å². The molecule has 1 aliphatic rings. The second-order valence-corrected chi connectivity index (χ2v) is 8.19. The van der Waals surface area contributed by atoms with E-state index in [1.54, 1.807) is 12.1 Å². The summed E-state index contributed by atoms with van der Waals surface area (Å²) in [6.45, 7) is 1.45. The molecule has 27 heavy (non-hydrogen) atoms. The van der Waals surface area contributed by atoms with Gasteiger partial charge in [-0.25, -0.2) is 4.79 Å². The average molecular weight is 391 g/mol. The summed E-state index contributed by atoms with van der Waals surface area (Å²) in [5.41, 5.74) is 2.71. The van der Waals surface area contributed by atoms with Crippen molar-refractivity contribution in [3.8, 4) is 0 Å². The summed E-state index contributed by atoms with van der Waals surface area (Å²) in [4.78, 5) is 12.7. The molecule has 0 bridgehead atoms. The molecule has 7 nitrogen and oxygen atoms in total. The Kier molecular flexibility index (Phi) is 5.50. The van der Waals surface area contributed by atoms with Crippen LogP contribution in [0, 0.1) is 6.92 Å². The lowest BCUT2D eigenvalue weighted by Gasteiger charge is -2.37. The lowest BCUT2D eigenvalue weighted by molar-refractivity contribution is 0.0149. The lowest BCUT2D eigenvalue weighted by Crippen LogP contribution is -2.51. The molecule has 2 atom stereocenters. The number of aryl methyl sites for hydroxylation is 1. The normalized spacial score (nSPS) is 18.0. The van der Waals surface area contributed by atoms with Crippen LogP contribution in [-0.4, -0.2) is 48.4 Å². The number of carboxylic acid groups (broad SMARTS) is 1. The van der Waals surface area contributed by atoms with E-state index in [-0.39, 0.29) is 17.9 Å². The quantitative estimate of drug-likeness (QED) is 0.757. The Hall–Kier alpha value is -2.42. The molecule has 0 saturated carbocycles. The van der Waals surface area contributed by atoms with Gasteiger partial charge < -0.3 is 10.2 Å². The zero-order chi connectivity index (χ0) is 19.6.